The van der Waals surface area contributed by atoms with Crippen LogP contribution in [0.5, 0.6) is 0 Å². The molecular weight excluding hydrogens is 387 g/mol. The molecule has 0 aliphatic rings. The van der Waals surface area contributed by atoms with Crippen LogP contribution in [0.3, 0.4) is 0 Å². The van der Waals surface area contributed by atoms with Crippen molar-refractivity contribution in [1.29, 1.82) is 0 Å². The number of carbonyl (C=O) groups is 2. The largest absolute Gasteiger partial charge is 0.467 e. The normalized spacial score (nSPS) is 11.2. The number of amides is 1. The van der Waals surface area contributed by atoms with E-state index in [1.807, 2.05) is 0 Å². The number of carbonyl (C=O) groups excluding carboxylic acids is 2. The molecule has 2 aromatic carbocycles. The molecule has 2 aromatic rings. The molecule has 0 aromatic heterocycles. The van der Waals surface area contributed by atoms with Gasteiger partial charge in [0.25, 0.3) is 5.91 Å². The van der Waals surface area contributed by atoms with Crippen LogP contribution in [0.2, 0.25) is 10.0 Å². The van der Waals surface area contributed by atoms with E-state index in [9.17, 15) is 9.59 Å². The summed E-state index contributed by atoms with van der Waals surface area (Å²) < 4.78 is 4.76. The van der Waals surface area contributed by atoms with Gasteiger partial charge in [-0.1, -0.05) is 41.4 Å². The lowest BCUT2D eigenvalue weighted by molar-refractivity contribution is -0.142. The van der Waals surface area contributed by atoms with Gasteiger partial charge in [-0.25, -0.2) is 4.79 Å². The van der Waals surface area contributed by atoms with Crippen molar-refractivity contribution in [2.45, 2.75) is 12.5 Å². The zero-order valence-electron chi connectivity index (χ0n) is 13.3. The Kier molecular flexibility index (Phi) is 8.03. The van der Waals surface area contributed by atoms with Crippen LogP contribution in [0.1, 0.15) is 15.9 Å². The fourth-order valence-electron chi connectivity index (χ4n) is 2.17. The third-order valence-electron chi connectivity index (χ3n) is 3.40. The average Bonchev–Trinajstić information content (AvgIpc) is 2.55. The lowest BCUT2D eigenvalue weighted by atomic mass is 10.0. The van der Waals surface area contributed by atoms with Crippen LogP contribution >= 0.6 is 35.6 Å². The molecular formula is C17H17Cl3N2O3. The van der Waals surface area contributed by atoms with Crippen LogP contribution in [0.4, 0.5) is 5.69 Å². The summed E-state index contributed by atoms with van der Waals surface area (Å²) in [6.45, 7) is 0. The van der Waals surface area contributed by atoms with Gasteiger partial charge in [-0.2, -0.15) is 0 Å². The average molecular weight is 404 g/mol. The minimum atomic E-state index is -0.876. The van der Waals surface area contributed by atoms with Crippen molar-refractivity contribution in [3.63, 3.8) is 0 Å². The fourth-order valence-corrected chi connectivity index (χ4v) is 2.74. The Morgan fingerprint density at radius 3 is 2.20 bits per heavy atom. The molecule has 0 aliphatic carbocycles. The minimum Gasteiger partial charge on any atom is -0.467 e. The third-order valence-corrected chi connectivity index (χ3v) is 4.03. The van der Waals surface area contributed by atoms with Gasteiger partial charge in [0.2, 0.25) is 0 Å². The molecule has 5 nitrogen and oxygen atoms in total. The number of methoxy groups -OCH3 is 1. The Hall–Kier alpha value is -1.95. The van der Waals surface area contributed by atoms with Crippen LogP contribution in [0.15, 0.2) is 42.5 Å². The van der Waals surface area contributed by atoms with Gasteiger partial charge in [0, 0.05) is 12.1 Å². The first-order valence-electron chi connectivity index (χ1n) is 7.09. The van der Waals surface area contributed by atoms with E-state index < -0.39 is 17.9 Å². The maximum atomic E-state index is 12.5. The number of rotatable bonds is 5. The number of esters is 1. The van der Waals surface area contributed by atoms with Crippen molar-refractivity contribution in [3.05, 3.63) is 63.6 Å². The lowest BCUT2D eigenvalue weighted by Gasteiger charge is -2.17. The summed E-state index contributed by atoms with van der Waals surface area (Å²) in [6.07, 6.45) is 0.251. The molecule has 3 N–H and O–H groups in total. The van der Waals surface area contributed by atoms with Crippen LogP contribution in [-0.4, -0.2) is 25.0 Å². The zero-order valence-corrected chi connectivity index (χ0v) is 15.6. The highest BCUT2D eigenvalue weighted by Crippen LogP contribution is 2.24. The van der Waals surface area contributed by atoms with E-state index in [0.717, 1.165) is 5.56 Å². The first-order chi connectivity index (χ1) is 11.4. The van der Waals surface area contributed by atoms with E-state index in [4.69, 9.17) is 33.7 Å². The summed E-state index contributed by atoms with van der Waals surface area (Å²) >= 11 is 12.0. The third kappa shape index (κ3) is 5.53. The SMILES string of the molecule is COC(=O)[C@H](Cc1ccc(N)cc1)NC(=O)c1c(Cl)cccc1Cl.Cl. The molecule has 0 saturated carbocycles. The highest BCUT2D eigenvalue weighted by atomic mass is 35.5. The van der Waals surface area contributed by atoms with E-state index in [-0.39, 0.29) is 34.4 Å². The van der Waals surface area contributed by atoms with Gasteiger partial charge in [-0.15, -0.1) is 12.4 Å². The molecule has 134 valence electrons. The number of benzene rings is 2. The van der Waals surface area contributed by atoms with E-state index in [0.29, 0.717) is 5.69 Å². The summed E-state index contributed by atoms with van der Waals surface area (Å²) in [5.74, 6) is -1.11. The first kappa shape index (κ1) is 21.1. The molecule has 25 heavy (non-hydrogen) atoms. The van der Waals surface area contributed by atoms with Gasteiger partial charge in [-0.05, 0) is 29.8 Å². The number of ether oxygens (including phenoxy) is 1. The Labute approximate surface area is 161 Å². The second-order valence-corrected chi connectivity index (χ2v) is 5.91. The van der Waals surface area contributed by atoms with E-state index in [1.54, 1.807) is 42.5 Å². The molecule has 0 bridgehead atoms. The predicted molar refractivity (Wildman–Crippen MR) is 102 cm³/mol. The number of halogens is 3. The summed E-state index contributed by atoms with van der Waals surface area (Å²) in [4.78, 5) is 24.4. The second-order valence-electron chi connectivity index (χ2n) is 5.09. The standard InChI is InChI=1S/C17H16Cl2N2O3.ClH/c1-24-17(23)14(9-10-5-7-11(20)8-6-10)21-16(22)15-12(18)3-2-4-13(15)19;/h2-8,14H,9,20H2,1H3,(H,21,22);1H/t14-;/m0./s1. The maximum Gasteiger partial charge on any atom is 0.328 e. The van der Waals surface area contributed by atoms with Gasteiger partial charge in [0.15, 0.2) is 0 Å². The van der Waals surface area contributed by atoms with Crippen molar-refractivity contribution in [3.8, 4) is 0 Å². The molecule has 0 heterocycles. The van der Waals surface area contributed by atoms with Crippen molar-refractivity contribution in [2.24, 2.45) is 0 Å². The Balaban J connectivity index is 0.00000312. The fraction of sp³-hybridized carbons (Fsp3) is 0.176. The van der Waals surface area contributed by atoms with Crippen molar-refractivity contribution >= 4 is 53.2 Å². The van der Waals surface area contributed by atoms with Crippen LogP contribution in [0.25, 0.3) is 0 Å². The van der Waals surface area contributed by atoms with Crippen LogP contribution in [-0.2, 0) is 16.0 Å². The summed E-state index contributed by atoms with van der Waals surface area (Å²) in [5, 5.41) is 3.02. The van der Waals surface area contributed by atoms with Crippen LogP contribution < -0.4 is 11.1 Å². The van der Waals surface area contributed by atoms with Crippen molar-refractivity contribution < 1.29 is 14.3 Å². The Morgan fingerprint density at radius 2 is 1.68 bits per heavy atom. The molecule has 0 fully saturated rings. The topological polar surface area (TPSA) is 81.4 Å². The highest BCUT2D eigenvalue weighted by molar-refractivity contribution is 6.39. The second kappa shape index (κ2) is 9.51. The number of hydrogen-bond donors (Lipinski definition) is 2. The maximum absolute atomic E-state index is 12.5. The molecule has 0 saturated heterocycles. The van der Waals surface area contributed by atoms with E-state index >= 15 is 0 Å². The molecule has 0 unspecified atom stereocenters. The predicted octanol–water partition coefficient (Wildman–Crippen LogP) is 3.51. The Morgan fingerprint density at radius 1 is 1.12 bits per heavy atom. The molecule has 1 atom stereocenters. The Bertz CT molecular complexity index is 731. The highest BCUT2D eigenvalue weighted by Gasteiger charge is 2.24. The quantitative estimate of drug-likeness (QED) is 0.591. The van der Waals surface area contributed by atoms with Gasteiger partial charge in [-0.3, -0.25) is 4.79 Å². The zero-order chi connectivity index (χ0) is 17.7. The summed E-state index contributed by atoms with van der Waals surface area (Å²) in [7, 11) is 1.26. The molecule has 8 heteroatoms. The first-order valence-corrected chi connectivity index (χ1v) is 7.85. The molecule has 0 spiro atoms. The number of nitrogens with two attached hydrogens (primary N) is 1. The molecule has 1 amide bonds. The smallest absolute Gasteiger partial charge is 0.328 e. The number of nitrogen functional groups attached to an aromatic ring is 1. The van der Waals surface area contributed by atoms with E-state index in [1.165, 1.54) is 7.11 Å². The lowest BCUT2D eigenvalue weighted by Crippen LogP contribution is -2.43. The van der Waals surface area contributed by atoms with Gasteiger partial charge >= 0.3 is 5.97 Å². The van der Waals surface area contributed by atoms with Crippen molar-refractivity contribution in [2.75, 3.05) is 12.8 Å². The molecule has 0 radical (unpaired) electrons. The molecule has 0 aliphatic heterocycles. The van der Waals surface area contributed by atoms with E-state index in [2.05, 4.69) is 5.32 Å². The van der Waals surface area contributed by atoms with Gasteiger partial charge in [0.05, 0.1) is 22.7 Å². The number of nitrogens with one attached hydrogen (secondary N) is 1. The van der Waals surface area contributed by atoms with Gasteiger partial charge in [0.1, 0.15) is 6.04 Å². The summed E-state index contributed by atoms with van der Waals surface area (Å²) in [6, 6.07) is 10.9. The monoisotopic (exact) mass is 402 g/mol. The number of anilines is 1. The molecule has 2 rings (SSSR count). The van der Waals surface area contributed by atoms with Crippen molar-refractivity contribution in [1.82, 2.24) is 5.32 Å². The number of hydrogen-bond acceptors (Lipinski definition) is 4. The van der Waals surface area contributed by atoms with Gasteiger partial charge < -0.3 is 15.8 Å². The summed E-state index contributed by atoms with van der Waals surface area (Å²) in [5.41, 5.74) is 7.20. The van der Waals surface area contributed by atoms with Crippen LogP contribution in [0, 0.1) is 0 Å². The minimum absolute atomic E-state index is 0.